The number of nitrogens with one attached hydrogen (secondary N) is 1. The monoisotopic (exact) mass is 291 g/mol. The Labute approximate surface area is 128 Å². The standard InChI is InChI=1S/C17H29N3O/c1-2-18-16(17-9-5-6-12-21-17)13-14-10-11-20(19-14)15-7-3-4-8-15/h10-11,15-18H,2-9,12-13H2,1H3. The maximum Gasteiger partial charge on any atom is 0.0731 e. The second-order valence-electron chi connectivity index (χ2n) is 6.50. The number of ether oxygens (including phenoxy) is 1. The molecule has 2 heterocycles. The van der Waals surface area contributed by atoms with Gasteiger partial charge in [-0.15, -0.1) is 0 Å². The van der Waals surface area contributed by atoms with Crippen molar-refractivity contribution in [3.63, 3.8) is 0 Å². The fourth-order valence-electron chi connectivity index (χ4n) is 3.76. The molecule has 1 saturated heterocycles. The molecule has 1 aliphatic carbocycles. The van der Waals surface area contributed by atoms with Crippen molar-refractivity contribution in [2.75, 3.05) is 13.2 Å². The maximum absolute atomic E-state index is 5.97. The molecule has 0 amide bonds. The first kappa shape index (κ1) is 15.0. The van der Waals surface area contributed by atoms with Crippen LogP contribution >= 0.6 is 0 Å². The molecule has 118 valence electrons. The van der Waals surface area contributed by atoms with Crippen LogP contribution in [-0.4, -0.2) is 35.1 Å². The Kier molecular flexibility index (Phi) is 5.31. The fourth-order valence-corrected chi connectivity index (χ4v) is 3.76. The molecule has 4 nitrogen and oxygen atoms in total. The molecule has 0 radical (unpaired) electrons. The highest BCUT2D eigenvalue weighted by molar-refractivity contribution is 5.04. The summed E-state index contributed by atoms with van der Waals surface area (Å²) >= 11 is 0. The van der Waals surface area contributed by atoms with Crippen molar-refractivity contribution in [3.8, 4) is 0 Å². The smallest absolute Gasteiger partial charge is 0.0731 e. The number of likely N-dealkylation sites (N-methyl/N-ethyl adjacent to an activating group) is 1. The normalized spacial score (nSPS) is 25.3. The fraction of sp³-hybridized carbons (Fsp3) is 0.824. The first-order valence-electron chi connectivity index (χ1n) is 8.76. The third-order valence-corrected chi connectivity index (χ3v) is 4.92. The Hall–Kier alpha value is -0.870. The summed E-state index contributed by atoms with van der Waals surface area (Å²) in [6.07, 6.45) is 12.5. The molecule has 1 aliphatic heterocycles. The number of hydrogen-bond acceptors (Lipinski definition) is 3. The van der Waals surface area contributed by atoms with E-state index in [1.807, 2.05) is 0 Å². The average molecular weight is 291 g/mol. The van der Waals surface area contributed by atoms with Crippen LogP contribution in [0.25, 0.3) is 0 Å². The van der Waals surface area contributed by atoms with Gasteiger partial charge in [-0.05, 0) is 44.7 Å². The maximum atomic E-state index is 5.97. The lowest BCUT2D eigenvalue weighted by molar-refractivity contribution is -0.00730. The van der Waals surface area contributed by atoms with E-state index in [2.05, 4.69) is 29.2 Å². The topological polar surface area (TPSA) is 39.1 Å². The predicted molar refractivity (Wildman–Crippen MR) is 84.5 cm³/mol. The van der Waals surface area contributed by atoms with Gasteiger partial charge in [-0.3, -0.25) is 4.68 Å². The van der Waals surface area contributed by atoms with E-state index in [4.69, 9.17) is 9.84 Å². The lowest BCUT2D eigenvalue weighted by Crippen LogP contribution is -2.44. The molecule has 2 fully saturated rings. The molecule has 0 spiro atoms. The Morgan fingerprint density at radius 3 is 2.81 bits per heavy atom. The predicted octanol–water partition coefficient (Wildman–Crippen LogP) is 3.09. The number of hydrogen-bond donors (Lipinski definition) is 1. The van der Waals surface area contributed by atoms with E-state index in [1.165, 1.54) is 50.6 Å². The van der Waals surface area contributed by atoms with Gasteiger partial charge in [0.25, 0.3) is 0 Å². The molecule has 1 saturated carbocycles. The van der Waals surface area contributed by atoms with Crippen LogP contribution < -0.4 is 5.32 Å². The van der Waals surface area contributed by atoms with Crippen LogP contribution in [0.1, 0.15) is 63.6 Å². The molecule has 0 bridgehead atoms. The van der Waals surface area contributed by atoms with Gasteiger partial charge >= 0.3 is 0 Å². The van der Waals surface area contributed by atoms with Gasteiger partial charge < -0.3 is 10.1 Å². The average Bonchev–Trinajstić information content (AvgIpc) is 3.19. The van der Waals surface area contributed by atoms with Crippen molar-refractivity contribution in [1.29, 1.82) is 0 Å². The largest absolute Gasteiger partial charge is 0.377 e. The molecule has 1 aromatic heterocycles. The molecule has 2 unspecified atom stereocenters. The van der Waals surface area contributed by atoms with Gasteiger partial charge in [0, 0.05) is 25.3 Å². The summed E-state index contributed by atoms with van der Waals surface area (Å²) < 4.78 is 8.18. The van der Waals surface area contributed by atoms with E-state index in [0.29, 0.717) is 18.2 Å². The van der Waals surface area contributed by atoms with Gasteiger partial charge in [0.15, 0.2) is 0 Å². The van der Waals surface area contributed by atoms with E-state index >= 15 is 0 Å². The van der Waals surface area contributed by atoms with Gasteiger partial charge in [-0.1, -0.05) is 19.8 Å². The highest BCUT2D eigenvalue weighted by Gasteiger charge is 2.25. The molecular formula is C17H29N3O. The Morgan fingerprint density at radius 1 is 1.29 bits per heavy atom. The van der Waals surface area contributed by atoms with Crippen LogP contribution in [0, 0.1) is 0 Å². The first-order valence-corrected chi connectivity index (χ1v) is 8.76. The number of aromatic nitrogens is 2. The minimum Gasteiger partial charge on any atom is -0.377 e. The van der Waals surface area contributed by atoms with E-state index in [-0.39, 0.29) is 0 Å². The Bertz CT molecular complexity index is 419. The molecule has 3 rings (SSSR count). The van der Waals surface area contributed by atoms with Crippen LogP contribution in [0.15, 0.2) is 12.3 Å². The molecule has 4 heteroatoms. The highest BCUT2D eigenvalue weighted by Crippen LogP contribution is 2.29. The molecule has 1 aromatic rings. The Balaban J connectivity index is 1.61. The number of rotatable bonds is 6. The minimum atomic E-state index is 0.357. The van der Waals surface area contributed by atoms with Gasteiger partial charge in [0.1, 0.15) is 0 Å². The van der Waals surface area contributed by atoms with Crippen molar-refractivity contribution in [2.45, 2.75) is 76.5 Å². The van der Waals surface area contributed by atoms with E-state index in [1.54, 1.807) is 0 Å². The van der Waals surface area contributed by atoms with E-state index in [0.717, 1.165) is 19.6 Å². The lowest BCUT2D eigenvalue weighted by atomic mass is 9.98. The molecule has 2 aliphatic rings. The summed E-state index contributed by atoms with van der Waals surface area (Å²) in [7, 11) is 0. The first-order chi connectivity index (χ1) is 10.4. The summed E-state index contributed by atoms with van der Waals surface area (Å²) in [5, 5.41) is 8.44. The summed E-state index contributed by atoms with van der Waals surface area (Å²) in [6, 6.07) is 3.25. The third kappa shape index (κ3) is 3.86. The van der Waals surface area contributed by atoms with E-state index in [9.17, 15) is 0 Å². The van der Waals surface area contributed by atoms with Gasteiger partial charge in [0.05, 0.1) is 17.8 Å². The molecule has 1 N–H and O–H groups in total. The minimum absolute atomic E-state index is 0.357. The van der Waals surface area contributed by atoms with Gasteiger partial charge in [-0.25, -0.2) is 0 Å². The second-order valence-corrected chi connectivity index (χ2v) is 6.50. The van der Waals surface area contributed by atoms with Crippen LogP contribution in [0.2, 0.25) is 0 Å². The number of nitrogens with zero attached hydrogens (tertiary/aromatic N) is 2. The highest BCUT2D eigenvalue weighted by atomic mass is 16.5. The summed E-state index contributed by atoms with van der Waals surface area (Å²) in [6.45, 7) is 4.09. The van der Waals surface area contributed by atoms with Crippen LogP contribution in [0.5, 0.6) is 0 Å². The molecule has 2 atom stereocenters. The molecule has 21 heavy (non-hydrogen) atoms. The lowest BCUT2D eigenvalue weighted by Gasteiger charge is -2.30. The van der Waals surface area contributed by atoms with Crippen molar-refractivity contribution in [3.05, 3.63) is 18.0 Å². The van der Waals surface area contributed by atoms with Crippen molar-refractivity contribution in [1.82, 2.24) is 15.1 Å². The van der Waals surface area contributed by atoms with Crippen molar-refractivity contribution >= 4 is 0 Å². The SMILES string of the molecule is CCNC(Cc1ccn(C2CCCC2)n1)C1CCCCO1. The second kappa shape index (κ2) is 7.41. The third-order valence-electron chi connectivity index (χ3n) is 4.92. The summed E-state index contributed by atoms with van der Waals surface area (Å²) in [4.78, 5) is 0. The van der Waals surface area contributed by atoms with Gasteiger partial charge in [-0.2, -0.15) is 5.10 Å². The van der Waals surface area contributed by atoms with E-state index < -0.39 is 0 Å². The van der Waals surface area contributed by atoms with Crippen LogP contribution in [0.4, 0.5) is 0 Å². The van der Waals surface area contributed by atoms with Gasteiger partial charge in [0.2, 0.25) is 0 Å². The van der Waals surface area contributed by atoms with Crippen LogP contribution in [-0.2, 0) is 11.2 Å². The summed E-state index contributed by atoms with van der Waals surface area (Å²) in [5.41, 5.74) is 1.21. The zero-order chi connectivity index (χ0) is 14.5. The zero-order valence-corrected chi connectivity index (χ0v) is 13.3. The van der Waals surface area contributed by atoms with Crippen LogP contribution in [0.3, 0.4) is 0 Å². The summed E-state index contributed by atoms with van der Waals surface area (Å²) in [5.74, 6) is 0. The molecule has 0 aromatic carbocycles. The Morgan fingerprint density at radius 2 is 2.10 bits per heavy atom. The van der Waals surface area contributed by atoms with Crippen molar-refractivity contribution in [2.24, 2.45) is 0 Å². The quantitative estimate of drug-likeness (QED) is 0.875. The van der Waals surface area contributed by atoms with Crippen molar-refractivity contribution < 1.29 is 4.74 Å². The molecular weight excluding hydrogens is 262 g/mol. The zero-order valence-electron chi connectivity index (χ0n) is 13.3.